The maximum atomic E-state index is 5.66. The first-order valence-corrected chi connectivity index (χ1v) is 7.95. The summed E-state index contributed by atoms with van der Waals surface area (Å²) in [5.74, 6) is 2.35. The van der Waals surface area contributed by atoms with E-state index in [-0.39, 0.29) is 0 Å². The van der Waals surface area contributed by atoms with Crippen LogP contribution in [-0.4, -0.2) is 44.3 Å². The number of hydrogen-bond acceptors (Lipinski definition) is 4. The molecule has 0 atom stereocenters. The standard InChI is InChI=1S/C18H24N4O2/c1-15-5-7-16(8-6-15)23-12-10-21-18(19-2)22-11-13-24-17-4-3-9-20-14-17/h3-9,14H,10-13H2,1-2H3,(H2,19,21,22). The molecule has 1 aromatic heterocycles. The van der Waals surface area contributed by atoms with E-state index >= 15 is 0 Å². The van der Waals surface area contributed by atoms with Gasteiger partial charge in [-0.25, -0.2) is 0 Å². The SMILES string of the molecule is CN=C(NCCOc1ccc(C)cc1)NCCOc1cccnc1. The van der Waals surface area contributed by atoms with Crippen LogP contribution in [0.25, 0.3) is 0 Å². The van der Waals surface area contributed by atoms with E-state index in [0.29, 0.717) is 26.3 Å². The predicted molar refractivity (Wildman–Crippen MR) is 95.8 cm³/mol. The number of nitrogens with one attached hydrogen (secondary N) is 2. The van der Waals surface area contributed by atoms with E-state index in [9.17, 15) is 0 Å². The summed E-state index contributed by atoms with van der Waals surface area (Å²) in [5.41, 5.74) is 1.22. The molecule has 0 aliphatic carbocycles. The molecule has 24 heavy (non-hydrogen) atoms. The van der Waals surface area contributed by atoms with E-state index in [1.807, 2.05) is 36.4 Å². The summed E-state index contributed by atoms with van der Waals surface area (Å²) in [4.78, 5) is 8.16. The van der Waals surface area contributed by atoms with E-state index in [0.717, 1.165) is 17.5 Å². The third-order valence-corrected chi connectivity index (χ3v) is 3.21. The number of benzene rings is 1. The number of aliphatic imine (C=N–C) groups is 1. The van der Waals surface area contributed by atoms with E-state index in [2.05, 4.69) is 27.5 Å². The molecule has 2 rings (SSSR count). The van der Waals surface area contributed by atoms with E-state index in [4.69, 9.17) is 9.47 Å². The lowest BCUT2D eigenvalue weighted by Crippen LogP contribution is -2.40. The van der Waals surface area contributed by atoms with Gasteiger partial charge < -0.3 is 20.1 Å². The summed E-state index contributed by atoms with van der Waals surface area (Å²) in [5, 5.41) is 6.38. The van der Waals surface area contributed by atoms with E-state index < -0.39 is 0 Å². The summed E-state index contributed by atoms with van der Waals surface area (Å²) < 4.78 is 11.2. The van der Waals surface area contributed by atoms with Crippen molar-refractivity contribution in [1.82, 2.24) is 15.6 Å². The van der Waals surface area contributed by atoms with Gasteiger partial charge in [0.25, 0.3) is 0 Å². The number of aromatic nitrogens is 1. The average molecular weight is 328 g/mol. The fourth-order valence-corrected chi connectivity index (χ4v) is 1.96. The molecule has 0 bridgehead atoms. The van der Waals surface area contributed by atoms with Crippen molar-refractivity contribution in [2.24, 2.45) is 4.99 Å². The van der Waals surface area contributed by atoms with Crippen LogP contribution in [0.3, 0.4) is 0 Å². The van der Waals surface area contributed by atoms with Gasteiger partial charge in [-0.3, -0.25) is 9.98 Å². The van der Waals surface area contributed by atoms with Gasteiger partial charge in [-0.05, 0) is 31.2 Å². The summed E-state index contributed by atoms with van der Waals surface area (Å²) in [7, 11) is 1.73. The Morgan fingerprint density at radius 1 is 1.00 bits per heavy atom. The highest BCUT2D eigenvalue weighted by molar-refractivity contribution is 5.79. The first kappa shape index (κ1) is 17.6. The third kappa shape index (κ3) is 6.56. The zero-order valence-corrected chi connectivity index (χ0v) is 14.2. The molecule has 1 aromatic carbocycles. The molecule has 6 nitrogen and oxygen atoms in total. The molecule has 0 fully saturated rings. The minimum Gasteiger partial charge on any atom is -0.492 e. The van der Waals surface area contributed by atoms with Crippen LogP contribution < -0.4 is 20.1 Å². The molecular formula is C18H24N4O2. The molecule has 0 spiro atoms. The number of ether oxygens (including phenoxy) is 2. The topological polar surface area (TPSA) is 67.8 Å². The minimum absolute atomic E-state index is 0.534. The Bertz CT molecular complexity index is 615. The zero-order chi connectivity index (χ0) is 17.0. The Hall–Kier alpha value is -2.76. The number of rotatable bonds is 8. The second-order valence-corrected chi connectivity index (χ2v) is 5.12. The molecule has 0 saturated carbocycles. The fourth-order valence-electron chi connectivity index (χ4n) is 1.96. The van der Waals surface area contributed by atoms with Gasteiger partial charge in [0, 0.05) is 13.2 Å². The number of hydrogen-bond donors (Lipinski definition) is 2. The van der Waals surface area contributed by atoms with Crippen molar-refractivity contribution in [2.75, 3.05) is 33.4 Å². The smallest absolute Gasteiger partial charge is 0.191 e. The summed E-state index contributed by atoms with van der Waals surface area (Å²) in [6, 6.07) is 11.7. The second-order valence-electron chi connectivity index (χ2n) is 5.12. The van der Waals surface area contributed by atoms with Gasteiger partial charge in [-0.15, -0.1) is 0 Å². The lowest BCUT2D eigenvalue weighted by atomic mass is 10.2. The summed E-state index contributed by atoms with van der Waals surface area (Å²) in [6.45, 7) is 4.46. The van der Waals surface area contributed by atoms with Crippen molar-refractivity contribution < 1.29 is 9.47 Å². The largest absolute Gasteiger partial charge is 0.492 e. The molecule has 0 radical (unpaired) electrons. The Kier molecular flexibility index (Phi) is 7.40. The minimum atomic E-state index is 0.534. The van der Waals surface area contributed by atoms with Crippen molar-refractivity contribution >= 4 is 5.96 Å². The quantitative estimate of drug-likeness (QED) is 0.441. The maximum absolute atomic E-state index is 5.66. The van der Waals surface area contributed by atoms with Gasteiger partial charge in [-0.1, -0.05) is 17.7 Å². The van der Waals surface area contributed by atoms with Gasteiger partial charge in [0.1, 0.15) is 24.7 Å². The van der Waals surface area contributed by atoms with Gasteiger partial charge in [0.05, 0.1) is 19.3 Å². The lowest BCUT2D eigenvalue weighted by molar-refractivity contribution is 0.316. The molecule has 2 aromatic rings. The van der Waals surface area contributed by atoms with Crippen LogP contribution in [0.5, 0.6) is 11.5 Å². The molecule has 1 heterocycles. The molecule has 0 unspecified atom stereocenters. The van der Waals surface area contributed by atoms with Crippen molar-refractivity contribution in [1.29, 1.82) is 0 Å². The molecular weight excluding hydrogens is 304 g/mol. The number of pyridine rings is 1. The van der Waals surface area contributed by atoms with Crippen LogP contribution in [0.2, 0.25) is 0 Å². The van der Waals surface area contributed by atoms with Crippen LogP contribution in [0.15, 0.2) is 53.8 Å². The molecule has 0 aliphatic heterocycles. The lowest BCUT2D eigenvalue weighted by Gasteiger charge is -2.13. The fraction of sp³-hybridized carbons (Fsp3) is 0.333. The highest BCUT2D eigenvalue weighted by Gasteiger charge is 1.98. The average Bonchev–Trinajstić information content (AvgIpc) is 2.62. The summed E-state index contributed by atoms with van der Waals surface area (Å²) >= 11 is 0. The number of guanidine groups is 1. The van der Waals surface area contributed by atoms with E-state index in [1.165, 1.54) is 5.56 Å². The monoisotopic (exact) mass is 328 g/mol. The van der Waals surface area contributed by atoms with Gasteiger partial charge in [-0.2, -0.15) is 0 Å². The van der Waals surface area contributed by atoms with Crippen LogP contribution in [0.4, 0.5) is 0 Å². The van der Waals surface area contributed by atoms with Gasteiger partial charge >= 0.3 is 0 Å². The van der Waals surface area contributed by atoms with Crippen LogP contribution in [0, 0.1) is 6.92 Å². The Morgan fingerprint density at radius 3 is 2.25 bits per heavy atom. The van der Waals surface area contributed by atoms with Crippen molar-refractivity contribution in [3.8, 4) is 11.5 Å². The Morgan fingerprint density at radius 2 is 1.67 bits per heavy atom. The Labute approximate surface area is 142 Å². The normalized spacial score (nSPS) is 11.0. The molecule has 128 valence electrons. The number of nitrogens with zero attached hydrogens (tertiary/aromatic N) is 2. The van der Waals surface area contributed by atoms with Crippen LogP contribution in [0.1, 0.15) is 5.56 Å². The molecule has 0 aliphatic rings. The predicted octanol–water partition coefficient (Wildman–Crippen LogP) is 2.01. The first-order chi connectivity index (χ1) is 11.8. The highest BCUT2D eigenvalue weighted by atomic mass is 16.5. The van der Waals surface area contributed by atoms with Crippen molar-refractivity contribution in [3.05, 3.63) is 54.4 Å². The third-order valence-electron chi connectivity index (χ3n) is 3.21. The van der Waals surface area contributed by atoms with Crippen LogP contribution >= 0.6 is 0 Å². The Balaban J connectivity index is 1.57. The number of aryl methyl sites for hydroxylation is 1. The van der Waals surface area contributed by atoms with Gasteiger partial charge in [0.2, 0.25) is 0 Å². The van der Waals surface area contributed by atoms with Gasteiger partial charge in [0.15, 0.2) is 5.96 Å². The molecule has 0 saturated heterocycles. The summed E-state index contributed by atoms with van der Waals surface area (Å²) in [6.07, 6.45) is 3.41. The molecule has 6 heteroatoms. The van der Waals surface area contributed by atoms with Crippen molar-refractivity contribution in [3.63, 3.8) is 0 Å². The van der Waals surface area contributed by atoms with E-state index in [1.54, 1.807) is 19.4 Å². The van der Waals surface area contributed by atoms with Crippen LogP contribution in [-0.2, 0) is 0 Å². The first-order valence-electron chi connectivity index (χ1n) is 7.95. The zero-order valence-electron chi connectivity index (χ0n) is 14.2. The van der Waals surface area contributed by atoms with Crippen molar-refractivity contribution in [2.45, 2.75) is 6.92 Å². The highest BCUT2D eigenvalue weighted by Crippen LogP contribution is 2.10. The molecule has 2 N–H and O–H groups in total. The molecule has 0 amide bonds. The maximum Gasteiger partial charge on any atom is 0.191 e. The second kappa shape index (κ2) is 10.1.